The molecule has 0 aliphatic carbocycles. The molecule has 0 aliphatic heterocycles. The fraction of sp³-hybridized carbons (Fsp3) is 0.562. The number of benzene rings is 1. The molecule has 0 saturated carbocycles. The molecule has 0 aromatic heterocycles. The van der Waals surface area contributed by atoms with Crippen LogP contribution < -0.4 is 11.1 Å². The van der Waals surface area contributed by atoms with E-state index >= 15 is 0 Å². The van der Waals surface area contributed by atoms with Gasteiger partial charge in [-0.1, -0.05) is 32.9 Å². The van der Waals surface area contributed by atoms with Crippen LogP contribution in [-0.4, -0.2) is 11.9 Å². The van der Waals surface area contributed by atoms with Crippen molar-refractivity contribution in [3.8, 4) is 0 Å². The summed E-state index contributed by atoms with van der Waals surface area (Å²) in [6, 6.07) is 8.22. The summed E-state index contributed by atoms with van der Waals surface area (Å²) < 4.78 is 0. The normalized spacial score (nSPS) is 13.1. The van der Waals surface area contributed by atoms with E-state index in [1.54, 1.807) is 0 Å². The van der Waals surface area contributed by atoms with Gasteiger partial charge in [0.2, 0.25) is 5.91 Å². The molecule has 0 bridgehead atoms. The van der Waals surface area contributed by atoms with Gasteiger partial charge in [0.05, 0.1) is 0 Å². The van der Waals surface area contributed by atoms with Gasteiger partial charge in [-0.3, -0.25) is 4.79 Å². The van der Waals surface area contributed by atoms with E-state index in [4.69, 9.17) is 5.73 Å². The number of carbonyl (C=O) groups excluding carboxylic acids is 1. The molecule has 0 aliphatic rings. The first-order valence-electron chi connectivity index (χ1n) is 6.95. The Labute approximate surface area is 116 Å². The molecule has 19 heavy (non-hydrogen) atoms. The van der Waals surface area contributed by atoms with Gasteiger partial charge >= 0.3 is 0 Å². The van der Waals surface area contributed by atoms with E-state index in [0.29, 0.717) is 6.42 Å². The zero-order valence-electron chi connectivity index (χ0n) is 12.5. The lowest BCUT2D eigenvalue weighted by molar-refractivity contribution is -0.116. The first kappa shape index (κ1) is 15.7. The number of hydrogen-bond donors (Lipinski definition) is 2. The van der Waals surface area contributed by atoms with Crippen LogP contribution in [0, 0.1) is 0 Å². The fourth-order valence-corrected chi connectivity index (χ4v) is 1.86. The SMILES string of the molecule is CC(N)CCCC(=O)Nc1ccc(C(C)(C)C)cc1. The van der Waals surface area contributed by atoms with Crippen LogP contribution in [0.1, 0.15) is 52.5 Å². The quantitative estimate of drug-likeness (QED) is 0.854. The minimum absolute atomic E-state index is 0.0594. The van der Waals surface area contributed by atoms with Gasteiger partial charge in [-0.15, -0.1) is 0 Å². The molecular weight excluding hydrogens is 236 g/mol. The predicted octanol–water partition coefficient (Wildman–Crippen LogP) is 3.44. The number of nitrogens with one attached hydrogen (secondary N) is 1. The number of carbonyl (C=O) groups is 1. The summed E-state index contributed by atoms with van der Waals surface area (Å²) in [5, 5.41) is 2.91. The van der Waals surface area contributed by atoms with Crippen molar-refractivity contribution in [2.24, 2.45) is 5.73 Å². The third-order valence-corrected chi connectivity index (χ3v) is 3.10. The first-order chi connectivity index (χ1) is 8.79. The fourth-order valence-electron chi connectivity index (χ4n) is 1.86. The summed E-state index contributed by atoms with van der Waals surface area (Å²) in [5.74, 6) is 0.0594. The second-order valence-corrected chi connectivity index (χ2v) is 6.25. The van der Waals surface area contributed by atoms with Crippen molar-refractivity contribution in [2.45, 2.75) is 58.4 Å². The Bertz CT molecular complexity index is 402. The Hall–Kier alpha value is -1.35. The van der Waals surface area contributed by atoms with Gasteiger partial charge in [0.15, 0.2) is 0 Å². The highest BCUT2D eigenvalue weighted by molar-refractivity contribution is 5.90. The molecule has 0 saturated heterocycles. The lowest BCUT2D eigenvalue weighted by Crippen LogP contribution is -2.17. The summed E-state index contributed by atoms with van der Waals surface area (Å²) >= 11 is 0. The van der Waals surface area contributed by atoms with Crippen molar-refractivity contribution in [3.63, 3.8) is 0 Å². The third-order valence-electron chi connectivity index (χ3n) is 3.10. The first-order valence-corrected chi connectivity index (χ1v) is 6.95. The van der Waals surface area contributed by atoms with Crippen molar-refractivity contribution in [1.29, 1.82) is 0 Å². The van der Waals surface area contributed by atoms with Crippen LogP contribution in [0.2, 0.25) is 0 Å². The highest BCUT2D eigenvalue weighted by Gasteiger charge is 2.13. The Balaban J connectivity index is 2.47. The maximum absolute atomic E-state index is 11.7. The average molecular weight is 262 g/mol. The number of hydrogen-bond acceptors (Lipinski definition) is 2. The summed E-state index contributed by atoms with van der Waals surface area (Å²) in [6.45, 7) is 8.49. The molecule has 1 rings (SSSR count). The van der Waals surface area contributed by atoms with E-state index in [1.807, 2.05) is 19.1 Å². The predicted molar refractivity (Wildman–Crippen MR) is 81.3 cm³/mol. The van der Waals surface area contributed by atoms with E-state index in [-0.39, 0.29) is 17.4 Å². The molecule has 1 aromatic rings. The van der Waals surface area contributed by atoms with Gasteiger partial charge in [-0.05, 0) is 42.9 Å². The second-order valence-electron chi connectivity index (χ2n) is 6.25. The molecular formula is C16H26N2O. The summed E-state index contributed by atoms with van der Waals surface area (Å²) in [6.07, 6.45) is 2.25. The highest BCUT2D eigenvalue weighted by Crippen LogP contribution is 2.23. The molecule has 1 aromatic carbocycles. The molecule has 1 atom stereocenters. The van der Waals surface area contributed by atoms with Gasteiger partial charge in [-0.2, -0.15) is 0 Å². The number of rotatable bonds is 5. The molecule has 3 N–H and O–H groups in total. The van der Waals surface area contributed by atoms with E-state index in [1.165, 1.54) is 5.56 Å². The maximum atomic E-state index is 11.7. The molecule has 0 heterocycles. The highest BCUT2D eigenvalue weighted by atomic mass is 16.1. The van der Waals surface area contributed by atoms with Crippen LogP contribution in [0.15, 0.2) is 24.3 Å². The molecule has 0 fully saturated rings. The van der Waals surface area contributed by atoms with Gasteiger partial charge in [0.25, 0.3) is 0 Å². The van der Waals surface area contributed by atoms with Gasteiger partial charge < -0.3 is 11.1 Å². The second kappa shape index (κ2) is 6.71. The molecule has 1 amide bonds. The molecule has 106 valence electrons. The maximum Gasteiger partial charge on any atom is 0.224 e. The molecule has 0 spiro atoms. The summed E-state index contributed by atoms with van der Waals surface area (Å²) in [7, 11) is 0. The summed E-state index contributed by atoms with van der Waals surface area (Å²) in [5.41, 5.74) is 7.92. The average Bonchev–Trinajstić information content (AvgIpc) is 2.27. The third kappa shape index (κ3) is 5.88. The van der Waals surface area contributed by atoms with E-state index in [9.17, 15) is 4.79 Å². The molecule has 3 nitrogen and oxygen atoms in total. The standard InChI is InChI=1S/C16H26N2O/c1-12(17)6-5-7-15(19)18-14-10-8-13(9-11-14)16(2,3)4/h8-12H,5-7,17H2,1-4H3,(H,18,19). The van der Waals surface area contributed by atoms with Gasteiger partial charge in [0.1, 0.15) is 0 Å². The van der Waals surface area contributed by atoms with Crippen LogP contribution in [0.4, 0.5) is 5.69 Å². The van der Waals surface area contributed by atoms with Crippen LogP contribution in [0.3, 0.4) is 0 Å². The molecule has 3 heteroatoms. The van der Waals surface area contributed by atoms with Gasteiger partial charge in [0, 0.05) is 18.2 Å². The number of anilines is 1. The van der Waals surface area contributed by atoms with E-state index < -0.39 is 0 Å². The monoisotopic (exact) mass is 262 g/mol. The van der Waals surface area contributed by atoms with E-state index in [0.717, 1.165) is 18.5 Å². The number of amides is 1. The zero-order valence-corrected chi connectivity index (χ0v) is 12.5. The van der Waals surface area contributed by atoms with Crippen LogP contribution in [0.25, 0.3) is 0 Å². The van der Waals surface area contributed by atoms with E-state index in [2.05, 4.69) is 38.2 Å². The molecule has 0 radical (unpaired) electrons. The van der Waals surface area contributed by atoms with Crippen molar-refractivity contribution in [2.75, 3.05) is 5.32 Å². The van der Waals surface area contributed by atoms with Crippen LogP contribution in [0.5, 0.6) is 0 Å². The van der Waals surface area contributed by atoms with Crippen LogP contribution in [-0.2, 0) is 10.2 Å². The lowest BCUT2D eigenvalue weighted by Gasteiger charge is -2.19. The lowest BCUT2D eigenvalue weighted by atomic mass is 9.87. The topological polar surface area (TPSA) is 55.1 Å². The Morgan fingerprint density at radius 3 is 2.32 bits per heavy atom. The van der Waals surface area contributed by atoms with Crippen LogP contribution >= 0.6 is 0 Å². The number of nitrogens with two attached hydrogens (primary N) is 1. The smallest absolute Gasteiger partial charge is 0.224 e. The largest absolute Gasteiger partial charge is 0.328 e. The van der Waals surface area contributed by atoms with Crippen molar-refractivity contribution < 1.29 is 4.79 Å². The van der Waals surface area contributed by atoms with Crippen molar-refractivity contribution >= 4 is 11.6 Å². The van der Waals surface area contributed by atoms with Crippen molar-refractivity contribution in [3.05, 3.63) is 29.8 Å². The molecule has 1 unspecified atom stereocenters. The Morgan fingerprint density at radius 2 is 1.84 bits per heavy atom. The van der Waals surface area contributed by atoms with Crippen molar-refractivity contribution in [1.82, 2.24) is 0 Å². The van der Waals surface area contributed by atoms with Gasteiger partial charge in [-0.25, -0.2) is 0 Å². The minimum atomic E-state index is 0.0594. The summed E-state index contributed by atoms with van der Waals surface area (Å²) in [4.78, 5) is 11.7. The Morgan fingerprint density at radius 1 is 1.26 bits per heavy atom. The minimum Gasteiger partial charge on any atom is -0.328 e. The zero-order chi connectivity index (χ0) is 14.5. The Kier molecular flexibility index (Phi) is 5.55.